The standard InChI is InChI=1S/C14H12N2O4S/c1-8(17)15-14-16-12(18)11(21-14)7-9-3-5-10(6-4-9)13(19)20-2/h3-7H,1-2H3,(H,15,16,17,18). The first kappa shape index (κ1) is 15.0. The lowest BCUT2D eigenvalue weighted by Gasteiger charge is -2.00. The number of nitrogens with one attached hydrogen (secondary N) is 1. The van der Waals surface area contributed by atoms with Crippen molar-refractivity contribution in [2.45, 2.75) is 6.92 Å². The molecular formula is C14H12N2O4S. The van der Waals surface area contributed by atoms with E-state index in [0.29, 0.717) is 10.5 Å². The van der Waals surface area contributed by atoms with Crippen LogP contribution in [-0.2, 0) is 14.3 Å². The fourth-order valence-electron chi connectivity index (χ4n) is 1.60. The molecule has 7 heteroatoms. The van der Waals surface area contributed by atoms with E-state index < -0.39 is 11.9 Å². The molecule has 1 heterocycles. The summed E-state index contributed by atoms with van der Waals surface area (Å²) < 4.78 is 4.61. The second-order valence-electron chi connectivity index (χ2n) is 4.13. The van der Waals surface area contributed by atoms with Gasteiger partial charge in [-0.3, -0.25) is 9.59 Å². The summed E-state index contributed by atoms with van der Waals surface area (Å²) >= 11 is 1.09. The summed E-state index contributed by atoms with van der Waals surface area (Å²) in [5.41, 5.74) is 1.18. The maximum absolute atomic E-state index is 11.7. The molecule has 1 N–H and O–H groups in total. The van der Waals surface area contributed by atoms with Crippen LogP contribution < -0.4 is 5.32 Å². The minimum Gasteiger partial charge on any atom is -0.465 e. The summed E-state index contributed by atoms with van der Waals surface area (Å²) in [6.07, 6.45) is 1.65. The predicted molar refractivity (Wildman–Crippen MR) is 79.6 cm³/mol. The first-order valence-electron chi connectivity index (χ1n) is 5.98. The van der Waals surface area contributed by atoms with Crippen LogP contribution in [-0.4, -0.2) is 30.1 Å². The second-order valence-corrected chi connectivity index (χ2v) is 5.16. The average molecular weight is 304 g/mol. The van der Waals surface area contributed by atoms with Crippen molar-refractivity contribution < 1.29 is 19.1 Å². The maximum Gasteiger partial charge on any atom is 0.337 e. The number of esters is 1. The van der Waals surface area contributed by atoms with Crippen LogP contribution in [0.5, 0.6) is 0 Å². The molecule has 0 aromatic heterocycles. The summed E-state index contributed by atoms with van der Waals surface area (Å²) in [5, 5.41) is 2.74. The van der Waals surface area contributed by atoms with Gasteiger partial charge in [-0.05, 0) is 35.5 Å². The summed E-state index contributed by atoms with van der Waals surface area (Å²) in [6, 6.07) is 6.61. The van der Waals surface area contributed by atoms with Gasteiger partial charge in [-0.2, -0.15) is 4.99 Å². The molecule has 0 unspecified atom stereocenters. The molecule has 0 spiro atoms. The SMILES string of the molecule is COC(=O)c1ccc(C=C2SC(NC(C)=O)=NC2=O)cc1. The minimum absolute atomic E-state index is 0.268. The Hall–Kier alpha value is -2.41. The highest BCUT2D eigenvalue weighted by Crippen LogP contribution is 2.27. The Morgan fingerprint density at radius 3 is 2.52 bits per heavy atom. The third kappa shape index (κ3) is 3.79. The van der Waals surface area contributed by atoms with E-state index in [1.807, 2.05) is 0 Å². The Morgan fingerprint density at radius 1 is 1.29 bits per heavy atom. The Kier molecular flexibility index (Phi) is 4.54. The van der Waals surface area contributed by atoms with Crippen LogP contribution in [0.1, 0.15) is 22.8 Å². The first-order chi connectivity index (χ1) is 9.99. The number of benzene rings is 1. The summed E-state index contributed by atoms with van der Waals surface area (Å²) in [7, 11) is 1.31. The Balaban J connectivity index is 2.13. The summed E-state index contributed by atoms with van der Waals surface area (Å²) in [4.78, 5) is 38.1. The van der Waals surface area contributed by atoms with Crippen LogP contribution in [0.25, 0.3) is 6.08 Å². The van der Waals surface area contributed by atoms with Gasteiger partial charge in [-0.1, -0.05) is 12.1 Å². The molecule has 2 amide bonds. The average Bonchev–Trinajstić information content (AvgIpc) is 2.78. The molecule has 0 aliphatic carbocycles. The first-order valence-corrected chi connectivity index (χ1v) is 6.80. The van der Waals surface area contributed by atoms with Gasteiger partial charge >= 0.3 is 5.97 Å². The zero-order valence-corrected chi connectivity index (χ0v) is 12.2. The lowest BCUT2D eigenvalue weighted by Crippen LogP contribution is -2.23. The zero-order valence-electron chi connectivity index (χ0n) is 11.4. The number of ether oxygens (including phenoxy) is 1. The van der Waals surface area contributed by atoms with Gasteiger partial charge < -0.3 is 10.1 Å². The molecule has 1 aromatic carbocycles. The van der Waals surface area contributed by atoms with Crippen LogP contribution in [0.2, 0.25) is 0 Å². The highest BCUT2D eigenvalue weighted by atomic mass is 32.2. The molecule has 1 aromatic rings. The van der Waals surface area contributed by atoms with Crippen molar-refractivity contribution >= 4 is 40.8 Å². The number of nitrogens with zero attached hydrogens (tertiary/aromatic N) is 1. The minimum atomic E-state index is -0.420. The fourth-order valence-corrected chi connectivity index (χ4v) is 2.46. The Morgan fingerprint density at radius 2 is 1.95 bits per heavy atom. The van der Waals surface area contributed by atoms with Gasteiger partial charge in [0.15, 0.2) is 5.17 Å². The van der Waals surface area contributed by atoms with E-state index in [0.717, 1.165) is 17.3 Å². The van der Waals surface area contributed by atoms with E-state index in [1.165, 1.54) is 14.0 Å². The Bertz CT molecular complexity index is 662. The number of hydrogen-bond acceptors (Lipinski definition) is 5. The number of carbonyl (C=O) groups is 3. The molecule has 6 nitrogen and oxygen atoms in total. The van der Waals surface area contributed by atoms with Crippen LogP contribution in [0.4, 0.5) is 0 Å². The van der Waals surface area contributed by atoms with Crippen LogP contribution in [0.3, 0.4) is 0 Å². The number of amides is 2. The number of rotatable bonds is 2. The normalized spacial score (nSPS) is 15.8. The smallest absolute Gasteiger partial charge is 0.337 e. The molecule has 0 fully saturated rings. The highest BCUT2D eigenvalue weighted by Gasteiger charge is 2.22. The number of hydrogen-bond donors (Lipinski definition) is 1. The lowest BCUT2D eigenvalue weighted by molar-refractivity contribution is -0.117. The van der Waals surface area contributed by atoms with Crippen LogP contribution in [0, 0.1) is 0 Å². The molecule has 0 saturated heterocycles. The van der Waals surface area contributed by atoms with Crippen LogP contribution >= 0.6 is 11.8 Å². The maximum atomic E-state index is 11.7. The van der Waals surface area contributed by atoms with Crippen LogP contribution in [0.15, 0.2) is 34.2 Å². The molecule has 0 bridgehead atoms. The molecule has 21 heavy (non-hydrogen) atoms. The fraction of sp³-hybridized carbons (Fsp3) is 0.143. The van der Waals surface area contributed by atoms with Crippen molar-refractivity contribution in [2.24, 2.45) is 4.99 Å². The number of aliphatic imine (C=N–C) groups is 1. The zero-order chi connectivity index (χ0) is 15.4. The van der Waals surface area contributed by atoms with Gasteiger partial charge in [-0.15, -0.1) is 0 Å². The van der Waals surface area contributed by atoms with Gasteiger partial charge in [0.2, 0.25) is 5.91 Å². The molecular weight excluding hydrogens is 292 g/mol. The Labute approximate surface area is 125 Å². The van der Waals surface area contributed by atoms with E-state index in [-0.39, 0.29) is 11.1 Å². The number of thioether (sulfide) groups is 1. The van der Waals surface area contributed by atoms with Gasteiger partial charge in [0.05, 0.1) is 17.6 Å². The highest BCUT2D eigenvalue weighted by molar-refractivity contribution is 8.18. The van der Waals surface area contributed by atoms with E-state index in [9.17, 15) is 14.4 Å². The van der Waals surface area contributed by atoms with Gasteiger partial charge in [0.25, 0.3) is 5.91 Å². The predicted octanol–water partition coefficient (Wildman–Crippen LogP) is 1.58. The number of carbonyl (C=O) groups excluding carboxylic acids is 3. The number of amidine groups is 1. The van der Waals surface area contributed by atoms with Crippen molar-refractivity contribution in [3.05, 3.63) is 40.3 Å². The topological polar surface area (TPSA) is 84.8 Å². The van der Waals surface area contributed by atoms with E-state index >= 15 is 0 Å². The summed E-state index contributed by atoms with van der Waals surface area (Å²) in [6.45, 7) is 1.35. The van der Waals surface area contributed by atoms with E-state index in [2.05, 4.69) is 15.0 Å². The molecule has 1 aliphatic rings. The molecule has 2 rings (SSSR count). The second kappa shape index (κ2) is 6.36. The molecule has 0 atom stereocenters. The monoisotopic (exact) mass is 304 g/mol. The molecule has 0 radical (unpaired) electrons. The van der Waals surface area contributed by atoms with Crippen molar-refractivity contribution in [2.75, 3.05) is 7.11 Å². The third-order valence-electron chi connectivity index (χ3n) is 2.53. The largest absolute Gasteiger partial charge is 0.465 e. The van der Waals surface area contributed by atoms with Crippen molar-refractivity contribution in [1.82, 2.24) is 5.32 Å². The van der Waals surface area contributed by atoms with Crippen molar-refractivity contribution in [3.63, 3.8) is 0 Å². The van der Waals surface area contributed by atoms with Gasteiger partial charge in [0.1, 0.15) is 0 Å². The number of methoxy groups -OCH3 is 1. The summed E-state index contributed by atoms with van der Waals surface area (Å²) in [5.74, 6) is -1.10. The molecule has 108 valence electrons. The van der Waals surface area contributed by atoms with E-state index in [4.69, 9.17) is 0 Å². The van der Waals surface area contributed by atoms with Crippen molar-refractivity contribution in [3.8, 4) is 0 Å². The van der Waals surface area contributed by atoms with E-state index in [1.54, 1.807) is 30.3 Å². The van der Waals surface area contributed by atoms with Gasteiger partial charge in [-0.25, -0.2) is 4.79 Å². The van der Waals surface area contributed by atoms with Crippen molar-refractivity contribution in [1.29, 1.82) is 0 Å². The quantitative estimate of drug-likeness (QED) is 0.662. The third-order valence-corrected chi connectivity index (χ3v) is 3.43. The molecule has 1 aliphatic heterocycles. The van der Waals surface area contributed by atoms with Gasteiger partial charge in [0, 0.05) is 6.92 Å². The lowest BCUT2D eigenvalue weighted by atomic mass is 10.1. The molecule has 0 saturated carbocycles.